The van der Waals surface area contributed by atoms with Crippen LogP contribution in [0.5, 0.6) is 0 Å². The summed E-state index contributed by atoms with van der Waals surface area (Å²) in [6.45, 7) is 16.9. The number of piperidine rings is 2. The molecule has 0 unspecified atom stereocenters. The fourth-order valence-electron chi connectivity index (χ4n) is 8.30. The van der Waals surface area contributed by atoms with E-state index >= 15 is 0 Å². The van der Waals surface area contributed by atoms with E-state index in [-0.39, 0.29) is 57.4 Å². The van der Waals surface area contributed by atoms with E-state index in [4.69, 9.17) is 9.47 Å². The number of carbonyl (C=O) groups is 2. The van der Waals surface area contributed by atoms with Crippen molar-refractivity contribution in [3.63, 3.8) is 0 Å². The predicted molar refractivity (Wildman–Crippen MR) is 165 cm³/mol. The largest absolute Gasteiger partial charge is 0.462 e. The van der Waals surface area contributed by atoms with E-state index in [0.29, 0.717) is 30.7 Å². The predicted octanol–water partition coefficient (Wildman–Crippen LogP) is 7.68. The Morgan fingerprint density at radius 2 is 1.28 bits per heavy atom. The molecule has 3 fully saturated rings. The lowest BCUT2D eigenvalue weighted by atomic mass is 9.79. The molecule has 43 heavy (non-hydrogen) atoms. The summed E-state index contributed by atoms with van der Waals surface area (Å²) in [6, 6.07) is 4.60. The summed E-state index contributed by atoms with van der Waals surface area (Å²) < 4.78 is 40.0. The number of ether oxygens (including phenoxy) is 2. The molecule has 2 aliphatic heterocycles. The van der Waals surface area contributed by atoms with Crippen LogP contribution in [0, 0.1) is 11.8 Å². The van der Waals surface area contributed by atoms with Crippen LogP contribution in [0.3, 0.4) is 0 Å². The van der Waals surface area contributed by atoms with Gasteiger partial charge in [-0.2, -0.15) is 0 Å². The van der Waals surface area contributed by atoms with Gasteiger partial charge in [0.2, 0.25) is 0 Å². The van der Waals surface area contributed by atoms with Gasteiger partial charge in [0, 0.05) is 53.4 Å². The zero-order valence-electron chi connectivity index (χ0n) is 27.6. The topological polar surface area (TPSA) is 76.7 Å². The summed E-state index contributed by atoms with van der Waals surface area (Å²) in [5.74, 6) is -0.345. The van der Waals surface area contributed by atoms with Gasteiger partial charge in [-0.05, 0) is 118 Å². The Bertz CT molecular complexity index is 1120. The number of nitrogens with one attached hydrogen (secondary N) is 2. The molecule has 242 valence electrons. The summed E-state index contributed by atoms with van der Waals surface area (Å²) in [4.78, 5) is 26.0. The van der Waals surface area contributed by atoms with Crippen molar-refractivity contribution in [2.24, 2.45) is 11.8 Å². The van der Waals surface area contributed by atoms with Gasteiger partial charge in [0.05, 0.1) is 11.5 Å². The number of benzene rings is 1. The molecule has 1 aromatic rings. The Kier molecular flexibility index (Phi) is 10.0. The minimum Gasteiger partial charge on any atom is -0.462 e. The summed E-state index contributed by atoms with van der Waals surface area (Å²) in [7, 11) is 0. The lowest BCUT2D eigenvalue weighted by molar-refractivity contribution is -0.159. The quantitative estimate of drug-likeness (QED) is 0.297. The molecule has 0 radical (unpaired) electrons. The highest BCUT2D eigenvalue weighted by molar-refractivity contribution is 5.90. The maximum absolute atomic E-state index is 14.1. The van der Waals surface area contributed by atoms with Gasteiger partial charge in [-0.3, -0.25) is 4.79 Å². The van der Waals surface area contributed by atoms with Gasteiger partial charge in [-0.25, -0.2) is 13.6 Å². The molecule has 0 aromatic heterocycles. The lowest BCUT2D eigenvalue weighted by Gasteiger charge is -2.46. The molecule has 8 heteroatoms. The van der Waals surface area contributed by atoms with Crippen molar-refractivity contribution in [3.05, 3.63) is 34.9 Å². The van der Waals surface area contributed by atoms with Crippen LogP contribution in [-0.2, 0) is 20.7 Å². The standard InChI is InChI=1S/C35H54F2N2O4/c1-32(2)18-26(19-33(3,4)38-32)42-30(40)24-13-10-22(11-14-24)9-12-23-15-16-25(17-28(23)29(36)37)31(41)43-27-20-34(5,6)39-35(7,8)21-27/h15-17,22,24,26-27,29,38-39H,9-14,18-21H2,1-8H3. The number of halogens is 2. The number of carbonyl (C=O) groups excluding carboxylic acids is 2. The van der Waals surface area contributed by atoms with E-state index in [9.17, 15) is 18.4 Å². The molecule has 2 saturated heterocycles. The molecule has 1 aromatic carbocycles. The molecule has 1 aliphatic carbocycles. The molecule has 0 atom stereocenters. The monoisotopic (exact) mass is 604 g/mol. The van der Waals surface area contributed by atoms with Crippen molar-refractivity contribution in [1.29, 1.82) is 0 Å². The minimum atomic E-state index is -2.67. The second kappa shape index (κ2) is 12.7. The Morgan fingerprint density at radius 1 is 0.791 bits per heavy atom. The Labute approximate surface area is 257 Å². The summed E-state index contributed by atoms with van der Waals surface area (Å²) in [5.41, 5.74) is 0.117. The van der Waals surface area contributed by atoms with E-state index in [2.05, 4.69) is 66.0 Å². The van der Waals surface area contributed by atoms with Gasteiger partial charge < -0.3 is 20.1 Å². The minimum absolute atomic E-state index is 0.0807. The van der Waals surface area contributed by atoms with Crippen LogP contribution in [0.15, 0.2) is 18.2 Å². The molecular weight excluding hydrogens is 550 g/mol. The molecule has 6 nitrogen and oxygen atoms in total. The molecule has 2 heterocycles. The highest BCUT2D eigenvalue weighted by Crippen LogP contribution is 2.36. The maximum Gasteiger partial charge on any atom is 0.338 e. The number of rotatable bonds is 8. The highest BCUT2D eigenvalue weighted by Gasteiger charge is 2.41. The van der Waals surface area contributed by atoms with Gasteiger partial charge >= 0.3 is 11.9 Å². The summed E-state index contributed by atoms with van der Waals surface area (Å²) >= 11 is 0. The first kappa shape index (κ1) is 33.8. The first-order valence-electron chi connectivity index (χ1n) is 16.2. The zero-order chi connectivity index (χ0) is 31.8. The first-order valence-corrected chi connectivity index (χ1v) is 16.2. The number of alkyl halides is 2. The van der Waals surface area contributed by atoms with Crippen LogP contribution in [0.4, 0.5) is 8.78 Å². The Hall–Kier alpha value is -2.06. The number of hydrogen-bond donors (Lipinski definition) is 2. The van der Waals surface area contributed by atoms with E-state index in [0.717, 1.165) is 44.9 Å². The number of aryl methyl sites for hydroxylation is 1. The van der Waals surface area contributed by atoms with Crippen LogP contribution < -0.4 is 10.6 Å². The average molecular weight is 605 g/mol. The molecule has 1 saturated carbocycles. The van der Waals surface area contributed by atoms with Crippen LogP contribution in [0.25, 0.3) is 0 Å². The maximum atomic E-state index is 14.1. The van der Waals surface area contributed by atoms with Gasteiger partial charge in [-0.1, -0.05) is 6.07 Å². The van der Waals surface area contributed by atoms with E-state index in [1.807, 2.05) is 0 Å². The second-order valence-corrected chi connectivity index (χ2v) is 16.2. The van der Waals surface area contributed by atoms with Crippen molar-refractivity contribution < 1.29 is 27.8 Å². The second-order valence-electron chi connectivity index (χ2n) is 16.2. The fourth-order valence-corrected chi connectivity index (χ4v) is 8.30. The van der Waals surface area contributed by atoms with E-state index in [1.54, 1.807) is 12.1 Å². The third-order valence-electron chi connectivity index (χ3n) is 9.48. The summed E-state index contributed by atoms with van der Waals surface area (Å²) in [6.07, 6.45) is 4.52. The van der Waals surface area contributed by atoms with Crippen LogP contribution in [0.1, 0.15) is 141 Å². The molecule has 0 bridgehead atoms. The van der Waals surface area contributed by atoms with Crippen molar-refractivity contribution in [1.82, 2.24) is 10.6 Å². The smallest absolute Gasteiger partial charge is 0.338 e. The lowest BCUT2D eigenvalue weighted by Crippen LogP contribution is -2.59. The summed E-state index contributed by atoms with van der Waals surface area (Å²) in [5, 5.41) is 7.19. The van der Waals surface area contributed by atoms with Crippen molar-refractivity contribution in [3.8, 4) is 0 Å². The van der Waals surface area contributed by atoms with E-state index < -0.39 is 12.4 Å². The van der Waals surface area contributed by atoms with Crippen LogP contribution in [0.2, 0.25) is 0 Å². The van der Waals surface area contributed by atoms with Crippen molar-refractivity contribution in [2.45, 2.75) is 160 Å². The Morgan fingerprint density at radius 3 is 1.77 bits per heavy atom. The molecule has 3 aliphatic rings. The number of hydrogen-bond acceptors (Lipinski definition) is 6. The average Bonchev–Trinajstić information content (AvgIpc) is 2.83. The van der Waals surface area contributed by atoms with Gasteiger partial charge in [-0.15, -0.1) is 0 Å². The van der Waals surface area contributed by atoms with Crippen molar-refractivity contribution >= 4 is 11.9 Å². The molecule has 4 rings (SSSR count). The third kappa shape index (κ3) is 9.46. The number of esters is 2. The van der Waals surface area contributed by atoms with Gasteiger partial charge in [0.25, 0.3) is 6.43 Å². The molecule has 0 amide bonds. The Balaban J connectivity index is 1.28. The molecular formula is C35H54F2N2O4. The normalized spacial score (nSPS) is 27.0. The SMILES string of the molecule is CC1(C)CC(OC(=O)c2ccc(CCC3CCC(C(=O)OC4CC(C)(C)NC(C)(C)C4)CC3)c(C(F)F)c2)CC(C)(C)N1. The van der Waals surface area contributed by atoms with Crippen LogP contribution in [-0.4, -0.2) is 46.3 Å². The molecule has 0 spiro atoms. The van der Waals surface area contributed by atoms with Crippen molar-refractivity contribution in [2.75, 3.05) is 0 Å². The first-order chi connectivity index (χ1) is 19.8. The fraction of sp³-hybridized carbons (Fsp3) is 0.771. The zero-order valence-corrected chi connectivity index (χ0v) is 27.6. The van der Waals surface area contributed by atoms with Crippen LogP contribution >= 0.6 is 0 Å². The molecule has 2 N–H and O–H groups in total. The third-order valence-corrected chi connectivity index (χ3v) is 9.48. The highest BCUT2D eigenvalue weighted by atomic mass is 19.3. The van der Waals surface area contributed by atoms with Gasteiger partial charge in [0.1, 0.15) is 12.2 Å². The van der Waals surface area contributed by atoms with E-state index in [1.165, 1.54) is 6.07 Å². The van der Waals surface area contributed by atoms with Gasteiger partial charge in [0.15, 0.2) is 0 Å².